The zero-order chi connectivity index (χ0) is 14.4. The van der Waals surface area contributed by atoms with E-state index in [2.05, 4.69) is 12.2 Å². The van der Waals surface area contributed by atoms with Crippen molar-refractivity contribution in [3.63, 3.8) is 0 Å². The Labute approximate surface area is 117 Å². The van der Waals surface area contributed by atoms with Gasteiger partial charge in [0.25, 0.3) is 0 Å². The maximum absolute atomic E-state index is 12.2. The fourth-order valence-corrected chi connectivity index (χ4v) is 2.83. The molecule has 2 amide bonds. The molecule has 4 nitrogen and oxygen atoms in total. The molecule has 0 heterocycles. The van der Waals surface area contributed by atoms with E-state index >= 15 is 0 Å². The third-order valence-electron chi connectivity index (χ3n) is 4.15. The number of urea groups is 1. The van der Waals surface area contributed by atoms with Crippen molar-refractivity contribution in [2.24, 2.45) is 11.8 Å². The highest BCUT2D eigenvalue weighted by molar-refractivity contribution is 5.74. The van der Waals surface area contributed by atoms with Gasteiger partial charge < -0.3 is 15.3 Å². The molecule has 0 spiro atoms. The van der Waals surface area contributed by atoms with Gasteiger partial charge in [-0.1, -0.05) is 26.2 Å². The molecule has 1 fully saturated rings. The summed E-state index contributed by atoms with van der Waals surface area (Å²) >= 11 is 0. The van der Waals surface area contributed by atoms with E-state index in [0.29, 0.717) is 18.4 Å². The zero-order valence-corrected chi connectivity index (χ0v) is 12.9. The van der Waals surface area contributed by atoms with Crippen LogP contribution in [-0.2, 0) is 0 Å². The fourth-order valence-electron chi connectivity index (χ4n) is 2.83. The SMILES string of the molecule is CC(O)CN(C(=O)NCC1CCCCC1C)C(C)C. The predicted octanol–water partition coefficient (Wildman–Crippen LogP) is 2.61. The Morgan fingerprint density at radius 2 is 1.95 bits per heavy atom. The maximum Gasteiger partial charge on any atom is 0.317 e. The molecular weight excluding hydrogens is 240 g/mol. The Morgan fingerprint density at radius 1 is 1.32 bits per heavy atom. The van der Waals surface area contributed by atoms with E-state index in [4.69, 9.17) is 0 Å². The van der Waals surface area contributed by atoms with Crippen LogP contribution in [0.5, 0.6) is 0 Å². The lowest BCUT2D eigenvalue weighted by Crippen LogP contribution is -2.48. The van der Waals surface area contributed by atoms with E-state index in [1.165, 1.54) is 25.7 Å². The van der Waals surface area contributed by atoms with Gasteiger partial charge in [0.1, 0.15) is 0 Å². The van der Waals surface area contributed by atoms with Crippen molar-refractivity contribution >= 4 is 6.03 Å². The van der Waals surface area contributed by atoms with E-state index in [-0.39, 0.29) is 12.1 Å². The molecule has 3 unspecified atom stereocenters. The summed E-state index contributed by atoms with van der Waals surface area (Å²) in [6.45, 7) is 9.11. The summed E-state index contributed by atoms with van der Waals surface area (Å²) in [5.41, 5.74) is 0. The van der Waals surface area contributed by atoms with Crippen LogP contribution < -0.4 is 5.32 Å². The largest absolute Gasteiger partial charge is 0.392 e. The van der Waals surface area contributed by atoms with Crippen LogP contribution in [0.3, 0.4) is 0 Å². The number of rotatable bonds is 5. The Balaban J connectivity index is 2.43. The molecule has 0 aromatic heterocycles. The van der Waals surface area contributed by atoms with Gasteiger partial charge in [0, 0.05) is 19.1 Å². The molecule has 0 aromatic carbocycles. The lowest BCUT2D eigenvalue weighted by atomic mass is 9.80. The van der Waals surface area contributed by atoms with Crippen molar-refractivity contribution in [1.29, 1.82) is 0 Å². The Bertz CT molecular complexity index is 279. The first-order valence-corrected chi connectivity index (χ1v) is 7.64. The number of carbonyl (C=O) groups is 1. The van der Waals surface area contributed by atoms with Gasteiger partial charge >= 0.3 is 6.03 Å². The van der Waals surface area contributed by atoms with Gasteiger partial charge in [-0.2, -0.15) is 0 Å². The third-order valence-corrected chi connectivity index (χ3v) is 4.15. The van der Waals surface area contributed by atoms with Gasteiger partial charge in [0.05, 0.1) is 6.10 Å². The molecule has 0 saturated heterocycles. The Hall–Kier alpha value is -0.770. The number of amides is 2. The first-order chi connectivity index (χ1) is 8.91. The van der Waals surface area contributed by atoms with Crippen LogP contribution in [-0.4, -0.2) is 41.3 Å². The van der Waals surface area contributed by atoms with Gasteiger partial charge in [-0.05, 0) is 39.0 Å². The Kier molecular flexibility index (Phi) is 6.63. The molecule has 0 radical (unpaired) electrons. The van der Waals surface area contributed by atoms with E-state index in [1.54, 1.807) is 11.8 Å². The van der Waals surface area contributed by atoms with Crippen molar-refractivity contribution < 1.29 is 9.90 Å². The monoisotopic (exact) mass is 270 g/mol. The van der Waals surface area contributed by atoms with E-state index in [0.717, 1.165) is 6.54 Å². The first-order valence-electron chi connectivity index (χ1n) is 7.64. The summed E-state index contributed by atoms with van der Waals surface area (Å²) in [7, 11) is 0. The van der Waals surface area contributed by atoms with E-state index < -0.39 is 6.10 Å². The average molecular weight is 270 g/mol. The van der Waals surface area contributed by atoms with Crippen LogP contribution in [0.1, 0.15) is 53.4 Å². The van der Waals surface area contributed by atoms with Crippen LogP contribution in [0.4, 0.5) is 4.79 Å². The number of nitrogens with zero attached hydrogens (tertiary/aromatic N) is 1. The highest BCUT2D eigenvalue weighted by atomic mass is 16.3. The Morgan fingerprint density at radius 3 is 2.47 bits per heavy atom. The summed E-state index contributed by atoms with van der Waals surface area (Å²) in [5.74, 6) is 1.32. The quantitative estimate of drug-likeness (QED) is 0.807. The van der Waals surface area contributed by atoms with Gasteiger partial charge in [-0.25, -0.2) is 4.79 Å². The topological polar surface area (TPSA) is 52.6 Å². The molecule has 1 rings (SSSR count). The normalized spacial score (nSPS) is 25.2. The minimum Gasteiger partial charge on any atom is -0.392 e. The van der Waals surface area contributed by atoms with Crippen molar-refractivity contribution in [3.05, 3.63) is 0 Å². The molecule has 4 heteroatoms. The van der Waals surface area contributed by atoms with E-state index in [9.17, 15) is 9.90 Å². The lowest BCUT2D eigenvalue weighted by Gasteiger charge is -2.32. The second kappa shape index (κ2) is 7.73. The van der Waals surface area contributed by atoms with Gasteiger partial charge in [0.2, 0.25) is 0 Å². The average Bonchev–Trinajstić information content (AvgIpc) is 2.34. The fraction of sp³-hybridized carbons (Fsp3) is 0.933. The van der Waals surface area contributed by atoms with Crippen LogP contribution >= 0.6 is 0 Å². The molecule has 3 atom stereocenters. The molecular formula is C15H30N2O2. The molecule has 2 N–H and O–H groups in total. The summed E-state index contributed by atoms with van der Waals surface area (Å²) in [6, 6.07) is 0.0621. The molecule has 1 aliphatic rings. The van der Waals surface area contributed by atoms with Crippen LogP contribution in [0, 0.1) is 11.8 Å². The van der Waals surface area contributed by atoms with Crippen molar-refractivity contribution in [2.45, 2.75) is 65.5 Å². The van der Waals surface area contributed by atoms with Gasteiger partial charge in [-0.3, -0.25) is 0 Å². The zero-order valence-electron chi connectivity index (χ0n) is 12.9. The number of carbonyl (C=O) groups excluding carboxylic acids is 1. The summed E-state index contributed by atoms with van der Waals surface area (Å²) in [5, 5.41) is 12.5. The van der Waals surface area contributed by atoms with E-state index in [1.807, 2.05) is 13.8 Å². The minimum atomic E-state index is -0.484. The lowest BCUT2D eigenvalue weighted by molar-refractivity contribution is 0.117. The smallest absolute Gasteiger partial charge is 0.317 e. The van der Waals surface area contributed by atoms with Gasteiger partial charge in [-0.15, -0.1) is 0 Å². The standard InChI is InChI=1S/C15H30N2O2/c1-11(2)17(10-13(4)18)15(19)16-9-14-8-6-5-7-12(14)3/h11-14,18H,5-10H2,1-4H3,(H,16,19). The predicted molar refractivity (Wildman–Crippen MR) is 78.0 cm³/mol. The minimum absolute atomic E-state index is 0.0475. The van der Waals surface area contributed by atoms with Crippen molar-refractivity contribution in [3.8, 4) is 0 Å². The van der Waals surface area contributed by atoms with Crippen molar-refractivity contribution in [2.75, 3.05) is 13.1 Å². The van der Waals surface area contributed by atoms with Crippen LogP contribution in [0.25, 0.3) is 0 Å². The number of hydrogen-bond donors (Lipinski definition) is 2. The molecule has 0 aliphatic heterocycles. The van der Waals surface area contributed by atoms with Crippen LogP contribution in [0.15, 0.2) is 0 Å². The number of aliphatic hydroxyl groups excluding tert-OH is 1. The number of hydrogen-bond acceptors (Lipinski definition) is 2. The number of aliphatic hydroxyl groups is 1. The first kappa shape index (κ1) is 16.3. The second-order valence-corrected chi connectivity index (χ2v) is 6.30. The summed E-state index contributed by atoms with van der Waals surface area (Å²) in [4.78, 5) is 13.9. The second-order valence-electron chi connectivity index (χ2n) is 6.30. The van der Waals surface area contributed by atoms with Gasteiger partial charge in [0.15, 0.2) is 0 Å². The third kappa shape index (κ3) is 5.39. The molecule has 112 valence electrons. The van der Waals surface area contributed by atoms with Crippen molar-refractivity contribution in [1.82, 2.24) is 10.2 Å². The van der Waals surface area contributed by atoms with Crippen LogP contribution in [0.2, 0.25) is 0 Å². The summed E-state index contributed by atoms with van der Waals surface area (Å²) < 4.78 is 0. The highest BCUT2D eigenvalue weighted by Crippen LogP contribution is 2.28. The number of nitrogens with one attached hydrogen (secondary N) is 1. The molecule has 0 aromatic rings. The molecule has 1 saturated carbocycles. The maximum atomic E-state index is 12.2. The molecule has 0 bridgehead atoms. The summed E-state index contributed by atoms with van der Waals surface area (Å²) in [6.07, 6.45) is 4.63. The molecule has 1 aliphatic carbocycles. The molecule has 19 heavy (non-hydrogen) atoms. The highest BCUT2D eigenvalue weighted by Gasteiger charge is 2.24.